The Bertz CT molecular complexity index is 57.1. The van der Waals surface area contributed by atoms with Gasteiger partial charge in [0.2, 0.25) is 0 Å². The number of hydrogen-bond donors (Lipinski definition) is 1. The molecule has 7 heavy (non-hydrogen) atoms. The second-order valence-electron chi connectivity index (χ2n) is 1.85. The zero-order valence-electron chi connectivity index (χ0n) is 4.02. The maximum absolute atomic E-state index is 12.0. The lowest BCUT2D eigenvalue weighted by Crippen LogP contribution is -2.04. The molecular weight excluding hydrogens is 95.1 g/mol. The molecule has 1 nitrogen and oxygen atoms in total. The van der Waals surface area contributed by atoms with Gasteiger partial charge in [0.1, 0.15) is 0 Å². The zero-order chi connectivity index (χ0) is 5.28. The predicted molar refractivity (Wildman–Crippen MR) is 24.2 cm³/mol. The first-order valence-corrected chi connectivity index (χ1v) is 2.50. The summed E-state index contributed by atoms with van der Waals surface area (Å²) >= 11 is 0. The third-order valence-electron chi connectivity index (χ3n) is 1.25. The quantitative estimate of drug-likeness (QED) is 0.485. The molecule has 1 saturated carbocycles. The van der Waals surface area contributed by atoms with Gasteiger partial charge in [0.05, 0.1) is 6.10 Å². The van der Waals surface area contributed by atoms with Crippen molar-refractivity contribution < 1.29 is 9.50 Å². The predicted octanol–water partition coefficient (Wildman–Crippen LogP) is 1.03. The molecule has 0 heterocycles. The minimum Gasteiger partial charge on any atom is -0.390 e. The Hall–Kier alpha value is -0.110. The van der Waals surface area contributed by atoms with Gasteiger partial charge in [-0.2, -0.15) is 0 Å². The highest BCUT2D eigenvalue weighted by Crippen LogP contribution is 2.27. The summed E-state index contributed by atoms with van der Waals surface area (Å²) in [5.74, 6) is 0. The molecular formula is C5H8FO. The van der Waals surface area contributed by atoms with Crippen molar-refractivity contribution in [3.05, 3.63) is 6.17 Å². The van der Waals surface area contributed by atoms with E-state index in [2.05, 4.69) is 0 Å². The van der Waals surface area contributed by atoms with Gasteiger partial charge in [0.25, 0.3) is 0 Å². The molecule has 0 aromatic carbocycles. The van der Waals surface area contributed by atoms with Crippen molar-refractivity contribution in [2.75, 3.05) is 0 Å². The van der Waals surface area contributed by atoms with Gasteiger partial charge < -0.3 is 5.11 Å². The van der Waals surface area contributed by atoms with Crippen LogP contribution in [0.2, 0.25) is 0 Å². The second kappa shape index (κ2) is 1.78. The van der Waals surface area contributed by atoms with Crippen LogP contribution in [-0.4, -0.2) is 11.2 Å². The summed E-state index contributed by atoms with van der Waals surface area (Å²) in [6, 6.07) is 0. The van der Waals surface area contributed by atoms with Gasteiger partial charge in [-0.1, -0.05) is 0 Å². The summed E-state index contributed by atoms with van der Waals surface area (Å²) < 4.78 is 12.0. The smallest absolute Gasteiger partial charge is 0.172 e. The highest BCUT2D eigenvalue weighted by atomic mass is 19.1. The van der Waals surface area contributed by atoms with E-state index in [0.29, 0.717) is 12.8 Å². The molecule has 1 radical (unpaired) electrons. The molecule has 1 rings (SSSR count). The zero-order valence-corrected chi connectivity index (χ0v) is 4.02. The van der Waals surface area contributed by atoms with E-state index in [9.17, 15) is 4.39 Å². The molecule has 0 aromatic heterocycles. The highest BCUT2D eigenvalue weighted by Gasteiger charge is 2.25. The Balaban J connectivity index is 2.33. The molecule has 1 aliphatic carbocycles. The molecule has 0 aliphatic heterocycles. The minimum absolute atomic E-state index is 0.236. The molecule has 0 bridgehead atoms. The van der Waals surface area contributed by atoms with Gasteiger partial charge in [-0.3, -0.25) is 0 Å². The molecule has 0 saturated heterocycles. The van der Waals surface area contributed by atoms with Gasteiger partial charge in [-0.25, -0.2) is 4.39 Å². The molecule has 2 heteroatoms. The molecule has 41 valence electrons. The first-order chi connectivity index (χ1) is 3.30. The summed E-state index contributed by atoms with van der Waals surface area (Å²) in [5, 5.41) is 8.59. The largest absolute Gasteiger partial charge is 0.390 e. The van der Waals surface area contributed by atoms with Crippen LogP contribution in [0.5, 0.6) is 0 Å². The third-order valence-corrected chi connectivity index (χ3v) is 1.25. The standard InChI is InChI=1S/C5H8FO/c6-4-2-1-3-5(4)7/h5,7H,1-3H2. The van der Waals surface area contributed by atoms with Crippen LogP contribution in [0.3, 0.4) is 0 Å². The minimum atomic E-state index is -0.736. The van der Waals surface area contributed by atoms with Crippen LogP contribution in [0.4, 0.5) is 4.39 Å². The fourth-order valence-corrected chi connectivity index (χ4v) is 0.788. The number of aliphatic hydroxyl groups excluding tert-OH is 1. The van der Waals surface area contributed by atoms with E-state index in [4.69, 9.17) is 5.11 Å². The Morgan fingerprint density at radius 2 is 2.43 bits per heavy atom. The molecule has 1 N–H and O–H groups in total. The average molecular weight is 103 g/mol. The molecule has 0 amide bonds. The summed E-state index contributed by atoms with van der Waals surface area (Å²) in [5.41, 5.74) is 0. The Labute approximate surface area is 42.2 Å². The maximum Gasteiger partial charge on any atom is 0.172 e. The van der Waals surface area contributed by atoms with Crippen molar-refractivity contribution in [3.63, 3.8) is 0 Å². The van der Waals surface area contributed by atoms with Crippen LogP contribution < -0.4 is 0 Å². The fourth-order valence-electron chi connectivity index (χ4n) is 0.788. The molecule has 0 spiro atoms. The van der Waals surface area contributed by atoms with Crippen LogP contribution >= 0.6 is 0 Å². The van der Waals surface area contributed by atoms with E-state index >= 15 is 0 Å². The molecule has 1 fully saturated rings. The summed E-state index contributed by atoms with van der Waals surface area (Å²) in [7, 11) is 0. The van der Waals surface area contributed by atoms with E-state index in [0.717, 1.165) is 6.42 Å². The number of rotatable bonds is 0. The van der Waals surface area contributed by atoms with Crippen LogP contribution in [0.25, 0.3) is 0 Å². The lowest BCUT2D eigenvalue weighted by atomic mass is 10.3. The van der Waals surface area contributed by atoms with Crippen molar-refractivity contribution in [3.8, 4) is 0 Å². The van der Waals surface area contributed by atoms with E-state index in [-0.39, 0.29) is 6.17 Å². The topological polar surface area (TPSA) is 20.2 Å². The van der Waals surface area contributed by atoms with Crippen molar-refractivity contribution in [2.45, 2.75) is 25.4 Å². The molecule has 1 atom stereocenters. The second-order valence-corrected chi connectivity index (χ2v) is 1.85. The lowest BCUT2D eigenvalue weighted by Gasteiger charge is -1.98. The SMILES string of the molecule is OC1CCC[C]1F. The first kappa shape index (κ1) is 5.04. The van der Waals surface area contributed by atoms with Gasteiger partial charge in [0, 0.05) is 0 Å². The Morgan fingerprint density at radius 3 is 2.57 bits per heavy atom. The average Bonchev–Trinajstić information content (AvgIpc) is 1.91. The summed E-state index contributed by atoms with van der Waals surface area (Å²) in [6.45, 7) is 0. The van der Waals surface area contributed by atoms with Crippen molar-refractivity contribution in [1.29, 1.82) is 0 Å². The van der Waals surface area contributed by atoms with E-state index in [1.54, 1.807) is 0 Å². The van der Waals surface area contributed by atoms with Gasteiger partial charge in [-0.05, 0) is 19.3 Å². The molecule has 1 unspecified atom stereocenters. The van der Waals surface area contributed by atoms with E-state index < -0.39 is 6.10 Å². The lowest BCUT2D eigenvalue weighted by molar-refractivity contribution is 0.159. The number of halogens is 1. The molecule has 1 aliphatic rings. The Kier molecular flexibility index (Phi) is 1.28. The fraction of sp³-hybridized carbons (Fsp3) is 0.800. The first-order valence-electron chi connectivity index (χ1n) is 2.50. The maximum atomic E-state index is 12.0. The van der Waals surface area contributed by atoms with Crippen molar-refractivity contribution >= 4 is 0 Å². The number of hydrogen-bond acceptors (Lipinski definition) is 1. The van der Waals surface area contributed by atoms with Crippen molar-refractivity contribution in [2.24, 2.45) is 0 Å². The normalized spacial score (nSPS) is 34.3. The van der Waals surface area contributed by atoms with Gasteiger partial charge in [-0.15, -0.1) is 0 Å². The van der Waals surface area contributed by atoms with Crippen LogP contribution in [0, 0.1) is 6.17 Å². The third kappa shape index (κ3) is 0.911. The van der Waals surface area contributed by atoms with Crippen LogP contribution in [-0.2, 0) is 0 Å². The van der Waals surface area contributed by atoms with Gasteiger partial charge in [0.15, 0.2) is 6.17 Å². The van der Waals surface area contributed by atoms with E-state index in [1.165, 1.54) is 0 Å². The van der Waals surface area contributed by atoms with Crippen LogP contribution in [0.15, 0.2) is 0 Å². The summed E-state index contributed by atoms with van der Waals surface area (Å²) in [4.78, 5) is 0. The Morgan fingerprint density at radius 1 is 1.71 bits per heavy atom. The highest BCUT2D eigenvalue weighted by molar-refractivity contribution is 4.91. The van der Waals surface area contributed by atoms with Gasteiger partial charge >= 0.3 is 0 Å². The van der Waals surface area contributed by atoms with Crippen molar-refractivity contribution in [1.82, 2.24) is 0 Å². The van der Waals surface area contributed by atoms with E-state index in [1.807, 2.05) is 0 Å². The monoisotopic (exact) mass is 103 g/mol. The molecule has 0 aromatic rings. The van der Waals surface area contributed by atoms with Crippen LogP contribution in [0.1, 0.15) is 19.3 Å². The summed E-state index contributed by atoms with van der Waals surface area (Å²) in [6.07, 6.45) is 0.931. The number of aliphatic hydroxyl groups is 1.